The lowest BCUT2D eigenvalue weighted by Gasteiger charge is -2.00. The maximum atomic E-state index is 12.5. The molecular weight excluding hydrogens is 150 g/mol. The first-order valence-electron chi connectivity index (χ1n) is 3.32. The molecular formula is C8H8F2O. The lowest BCUT2D eigenvalue weighted by atomic mass is 10.1. The van der Waals surface area contributed by atoms with E-state index < -0.39 is 11.6 Å². The van der Waals surface area contributed by atoms with Gasteiger partial charge in [0.05, 0.1) is 0 Å². The van der Waals surface area contributed by atoms with Crippen LogP contribution >= 0.6 is 0 Å². The minimum atomic E-state index is -1.01. The van der Waals surface area contributed by atoms with Crippen molar-refractivity contribution in [3.05, 3.63) is 29.3 Å². The zero-order chi connectivity index (χ0) is 8.43. The first kappa shape index (κ1) is 7.98. The zero-order valence-electron chi connectivity index (χ0n) is 6.06. The van der Waals surface area contributed by atoms with Crippen LogP contribution in [0.1, 0.15) is 12.5 Å². The molecule has 0 spiro atoms. The average molecular weight is 158 g/mol. The van der Waals surface area contributed by atoms with Gasteiger partial charge in [-0.1, -0.05) is 6.92 Å². The molecule has 1 rings (SSSR count). The Morgan fingerprint density at radius 1 is 1.27 bits per heavy atom. The third-order valence-corrected chi connectivity index (χ3v) is 1.50. The number of halogens is 2. The van der Waals surface area contributed by atoms with E-state index in [2.05, 4.69) is 0 Å². The second kappa shape index (κ2) is 2.86. The molecule has 0 amide bonds. The van der Waals surface area contributed by atoms with Crippen molar-refractivity contribution in [3.8, 4) is 5.75 Å². The van der Waals surface area contributed by atoms with Gasteiger partial charge in [0.15, 0.2) is 11.6 Å². The number of phenols is 1. The van der Waals surface area contributed by atoms with E-state index in [0.29, 0.717) is 12.0 Å². The van der Waals surface area contributed by atoms with Gasteiger partial charge in [0.1, 0.15) is 5.75 Å². The smallest absolute Gasteiger partial charge is 0.162 e. The number of hydrogen-bond donors (Lipinski definition) is 1. The summed E-state index contributed by atoms with van der Waals surface area (Å²) in [5.41, 5.74) is 0.420. The quantitative estimate of drug-likeness (QED) is 0.664. The Bertz CT molecular complexity index is 271. The van der Waals surface area contributed by atoms with Crippen molar-refractivity contribution >= 4 is 0 Å². The van der Waals surface area contributed by atoms with E-state index in [0.717, 1.165) is 12.1 Å². The molecule has 0 unspecified atom stereocenters. The summed E-state index contributed by atoms with van der Waals surface area (Å²) in [5.74, 6) is -2.12. The molecule has 0 saturated carbocycles. The predicted molar refractivity (Wildman–Crippen MR) is 37.4 cm³/mol. The Hall–Kier alpha value is -1.12. The van der Waals surface area contributed by atoms with Crippen molar-refractivity contribution in [2.75, 3.05) is 0 Å². The minimum absolute atomic E-state index is 0.189. The van der Waals surface area contributed by atoms with Crippen LogP contribution in [0.15, 0.2) is 12.1 Å². The molecule has 1 nitrogen and oxygen atoms in total. The van der Waals surface area contributed by atoms with Crippen molar-refractivity contribution in [1.82, 2.24) is 0 Å². The number of phenolic OH excluding ortho intramolecular Hbond substituents is 1. The van der Waals surface area contributed by atoms with Crippen molar-refractivity contribution in [2.24, 2.45) is 0 Å². The summed E-state index contributed by atoms with van der Waals surface area (Å²) in [7, 11) is 0. The molecule has 0 atom stereocenters. The third-order valence-electron chi connectivity index (χ3n) is 1.50. The third kappa shape index (κ3) is 1.48. The molecule has 11 heavy (non-hydrogen) atoms. The Kier molecular flexibility index (Phi) is 2.08. The van der Waals surface area contributed by atoms with E-state index in [4.69, 9.17) is 5.11 Å². The van der Waals surface area contributed by atoms with Gasteiger partial charge in [0, 0.05) is 6.07 Å². The molecule has 60 valence electrons. The number of benzene rings is 1. The molecule has 0 saturated heterocycles. The van der Waals surface area contributed by atoms with Gasteiger partial charge in [-0.25, -0.2) is 8.78 Å². The van der Waals surface area contributed by atoms with Crippen molar-refractivity contribution in [2.45, 2.75) is 13.3 Å². The lowest BCUT2D eigenvalue weighted by Crippen LogP contribution is -1.88. The average Bonchev–Trinajstić information content (AvgIpc) is 1.97. The van der Waals surface area contributed by atoms with Gasteiger partial charge in [-0.2, -0.15) is 0 Å². The molecule has 3 heteroatoms. The second-order valence-corrected chi connectivity index (χ2v) is 2.25. The molecule has 0 heterocycles. The van der Waals surface area contributed by atoms with Crippen LogP contribution in [0, 0.1) is 11.6 Å². The Labute approximate surface area is 63.3 Å². The first-order valence-corrected chi connectivity index (χ1v) is 3.32. The van der Waals surface area contributed by atoms with Crippen LogP contribution in [0.3, 0.4) is 0 Å². The predicted octanol–water partition coefficient (Wildman–Crippen LogP) is 2.23. The van der Waals surface area contributed by atoms with Crippen LogP contribution < -0.4 is 0 Å². The highest BCUT2D eigenvalue weighted by atomic mass is 19.2. The maximum Gasteiger partial charge on any atom is 0.162 e. The zero-order valence-corrected chi connectivity index (χ0v) is 6.06. The van der Waals surface area contributed by atoms with Crippen LogP contribution in [0.2, 0.25) is 0 Å². The highest BCUT2D eigenvalue weighted by Gasteiger charge is 2.06. The summed E-state index contributed by atoms with van der Waals surface area (Å²) in [4.78, 5) is 0. The molecule has 0 radical (unpaired) electrons. The summed E-state index contributed by atoms with van der Waals surface area (Å²) in [6.07, 6.45) is 0.489. The van der Waals surface area contributed by atoms with Gasteiger partial charge >= 0.3 is 0 Å². The number of aromatic hydroxyl groups is 1. The first-order chi connectivity index (χ1) is 5.15. The topological polar surface area (TPSA) is 20.2 Å². The molecule has 1 aromatic rings. The van der Waals surface area contributed by atoms with Crippen LogP contribution in [-0.2, 0) is 6.42 Å². The molecule has 0 aliphatic heterocycles. The molecule has 0 aliphatic rings. The number of hydrogen-bond acceptors (Lipinski definition) is 1. The summed E-state index contributed by atoms with van der Waals surface area (Å²) in [6.45, 7) is 1.76. The fraction of sp³-hybridized carbons (Fsp3) is 0.250. The SMILES string of the molecule is CCc1cc(F)c(F)cc1O. The molecule has 0 aliphatic carbocycles. The molecule has 0 bridgehead atoms. The monoisotopic (exact) mass is 158 g/mol. The van der Waals surface area contributed by atoms with Gasteiger partial charge in [-0.05, 0) is 18.1 Å². The van der Waals surface area contributed by atoms with Crippen LogP contribution in [0.25, 0.3) is 0 Å². The molecule has 1 N–H and O–H groups in total. The van der Waals surface area contributed by atoms with Gasteiger partial charge in [-0.15, -0.1) is 0 Å². The van der Waals surface area contributed by atoms with Gasteiger partial charge < -0.3 is 5.11 Å². The van der Waals surface area contributed by atoms with Crippen LogP contribution in [-0.4, -0.2) is 5.11 Å². The fourth-order valence-corrected chi connectivity index (χ4v) is 0.861. The van der Waals surface area contributed by atoms with E-state index in [1.165, 1.54) is 0 Å². The van der Waals surface area contributed by atoms with Gasteiger partial charge in [-0.3, -0.25) is 0 Å². The highest BCUT2D eigenvalue weighted by molar-refractivity contribution is 5.33. The molecule has 1 aromatic carbocycles. The van der Waals surface area contributed by atoms with E-state index >= 15 is 0 Å². The van der Waals surface area contributed by atoms with Crippen LogP contribution in [0.4, 0.5) is 8.78 Å². The number of rotatable bonds is 1. The van der Waals surface area contributed by atoms with Crippen molar-refractivity contribution in [1.29, 1.82) is 0 Å². The summed E-state index contributed by atoms with van der Waals surface area (Å²) >= 11 is 0. The van der Waals surface area contributed by atoms with Gasteiger partial charge in [0.25, 0.3) is 0 Å². The van der Waals surface area contributed by atoms with Crippen molar-refractivity contribution in [3.63, 3.8) is 0 Å². The van der Waals surface area contributed by atoms with Crippen molar-refractivity contribution < 1.29 is 13.9 Å². The largest absolute Gasteiger partial charge is 0.508 e. The normalized spacial score (nSPS) is 10.1. The summed E-state index contributed by atoms with van der Waals surface area (Å²) < 4.78 is 24.8. The molecule has 0 aromatic heterocycles. The van der Waals surface area contributed by atoms with Crippen LogP contribution in [0.5, 0.6) is 5.75 Å². The van der Waals surface area contributed by atoms with E-state index in [-0.39, 0.29) is 5.75 Å². The standard InChI is InChI=1S/C8H8F2O/c1-2-5-3-6(9)7(10)4-8(5)11/h3-4,11H,2H2,1H3. The van der Waals surface area contributed by atoms with E-state index in [1.54, 1.807) is 6.92 Å². The fourth-order valence-electron chi connectivity index (χ4n) is 0.861. The minimum Gasteiger partial charge on any atom is -0.508 e. The second-order valence-electron chi connectivity index (χ2n) is 2.25. The number of aryl methyl sites for hydroxylation is 1. The summed E-state index contributed by atoms with van der Waals surface area (Å²) in [6, 6.07) is 1.79. The molecule has 0 fully saturated rings. The Morgan fingerprint density at radius 2 is 1.82 bits per heavy atom. The van der Waals surface area contributed by atoms with E-state index in [9.17, 15) is 8.78 Å². The Morgan fingerprint density at radius 3 is 2.36 bits per heavy atom. The van der Waals surface area contributed by atoms with E-state index in [1.807, 2.05) is 0 Å². The summed E-state index contributed by atoms with van der Waals surface area (Å²) in [5, 5.41) is 9.01. The Balaban J connectivity index is 3.21. The highest BCUT2D eigenvalue weighted by Crippen LogP contribution is 2.20. The van der Waals surface area contributed by atoms with Gasteiger partial charge in [0.2, 0.25) is 0 Å². The lowest BCUT2D eigenvalue weighted by molar-refractivity contribution is 0.448. The maximum absolute atomic E-state index is 12.5.